The third-order valence-electron chi connectivity index (χ3n) is 33.0. The van der Waals surface area contributed by atoms with Crippen molar-refractivity contribution >= 4 is 0 Å². The highest BCUT2D eigenvalue weighted by molar-refractivity contribution is 5.94. The van der Waals surface area contributed by atoms with Gasteiger partial charge in [-0.3, -0.25) is 0 Å². The van der Waals surface area contributed by atoms with Gasteiger partial charge in [-0.05, 0) is 357 Å². The van der Waals surface area contributed by atoms with Crippen molar-refractivity contribution in [2.45, 2.75) is 289 Å². The summed E-state index contributed by atoms with van der Waals surface area (Å²) in [5.74, 6) is 2.51. The van der Waals surface area contributed by atoms with Crippen molar-refractivity contribution in [3.63, 3.8) is 0 Å². The summed E-state index contributed by atoms with van der Waals surface area (Å²) in [7, 11) is 0. The molecule has 0 nitrogen and oxygen atoms in total. The van der Waals surface area contributed by atoms with Gasteiger partial charge in [-0.2, -0.15) is 0 Å². The fraction of sp³-hybridized carbons (Fsp3) is 0.405. The Morgan fingerprint density at radius 2 is 0.479 bits per heavy atom. The molecular formula is C121H132. The van der Waals surface area contributed by atoms with Crippen LogP contribution in [-0.2, 0) is 32.5 Å². The smallest absolute Gasteiger partial charge is 0.0271 e. The standard InChI is InChI=1S/C121H132/c1-14-18-60-118(61-19-15-2)109-70-83(80-37-48-94-93-47-36-79(9)66-105(93)116(10,11)106(94)67-80)41-52-98(109)100-54-43-86(72-111(100)118)88-45-56-102-103-57-46-89(76-115(103)121(114(102)75-88,90-30-24-22-25-31-90)91-32-26-23-27-33-91)87-44-55-101-99-53-42-84(71-110(99)119(62-20-16-3,63-21-17-4)112(101)73-87)81-38-49-95-96-50-39-82(69-108(96)117(12,13)107(95)68-81)85-40-51-97-92-34-28-29-35-104(92)120(113(97)74-85,64-58-77(5)6)65-59-78(7)8/h28-29,34-57,66-78,90-91H,14-27,30-33,58-65H2,1-13H3. The predicted molar refractivity (Wildman–Crippen MR) is 518 cm³/mol. The Labute approximate surface area is 727 Å². The molecule has 121 heavy (non-hydrogen) atoms. The highest BCUT2D eigenvalue weighted by atomic mass is 14.6. The molecule has 12 aromatic carbocycles. The number of aryl methyl sites for hydroxylation is 1. The van der Waals surface area contributed by atoms with Crippen LogP contribution in [0.25, 0.3) is 122 Å². The average molecular weight is 1590 g/mol. The zero-order valence-electron chi connectivity index (χ0n) is 75.6. The second-order valence-electron chi connectivity index (χ2n) is 41.5. The number of unbranched alkanes of at least 4 members (excludes halogenated alkanes) is 4. The zero-order valence-corrected chi connectivity index (χ0v) is 75.6. The lowest BCUT2D eigenvalue weighted by Gasteiger charge is -2.49. The first-order valence-corrected chi connectivity index (χ1v) is 48.5. The first-order chi connectivity index (χ1) is 58.8. The van der Waals surface area contributed by atoms with Crippen LogP contribution in [0.15, 0.2) is 224 Å². The maximum atomic E-state index is 2.81. The highest BCUT2D eigenvalue weighted by Crippen LogP contribution is 2.66. The van der Waals surface area contributed by atoms with Crippen LogP contribution < -0.4 is 0 Å². The normalized spacial score (nSPS) is 17.6. The molecule has 0 amide bonds. The first-order valence-electron chi connectivity index (χ1n) is 48.5. The van der Waals surface area contributed by atoms with Gasteiger partial charge in [-0.25, -0.2) is 0 Å². The molecule has 0 aromatic heterocycles. The summed E-state index contributed by atoms with van der Waals surface area (Å²) in [5.41, 5.74) is 50.3. The molecule has 2 saturated carbocycles. The van der Waals surface area contributed by atoms with Crippen LogP contribution in [0.2, 0.25) is 0 Å². The van der Waals surface area contributed by atoms with Gasteiger partial charge < -0.3 is 0 Å². The van der Waals surface area contributed by atoms with Crippen molar-refractivity contribution < 1.29 is 0 Å². The molecule has 8 aliphatic carbocycles. The molecule has 0 N–H and O–H groups in total. The van der Waals surface area contributed by atoms with E-state index in [1.54, 1.807) is 44.5 Å². The second-order valence-corrected chi connectivity index (χ2v) is 41.5. The number of hydrogen-bond acceptors (Lipinski definition) is 0. The van der Waals surface area contributed by atoms with Crippen molar-refractivity contribution in [1.82, 2.24) is 0 Å². The summed E-state index contributed by atoms with van der Waals surface area (Å²) in [4.78, 5) is 0. The van der Waals surface area contributed by atoms with E-state index in [-0.39, 0.29) is 32.5 Å². The second kappa shape index (κ2) is 31.1. The van der Waals surface area contributed by atoms with Crippen LogP contribution in [0, 0.1) is 30.6 Å². The lowest BCUT2D eigenvalue weighted by molar-refractivity contribution is 0.137. The molecule has 20 rings (SSSR count). The van der Waals surface area contributed by atoms with E-state index in [0.717, 1.165) is 12.8 Å². The van der Waals surface area contributed by atoms with Gasteiger partial charge in [0, 0.05) is 32.5 Å². The Bertz CT molecular complexity index is 5980. The van der Waals surface area contributed by atoms with E-state index in [1.165, 1.54) is 304 Å². The Kier molecular flexibility index (Phi) is 20.6. The SMILES string of the molecule is CCCCC1(CCCC)c2cc(-c3ccc4c(c3)C(C)(C)c3cc(C)ccc3-4)ccc2-c2ccc(-c3ccc4c(c3)C(C3CCCCC3)(C3CCCCC3)c3cc(-c5ccc6c(c5)C(CCCC)(CCCC)c5cc(-c7ccc8c(c7)C(C)(C)c7cc(-c9ccc%10c(c9)C(CCC(C)C)(CCC(C)C)c9ccccc9-%10)ccc7-8)ccc5-6)ccc3-4)cc21. The van der Waals surface area contributed by atoms with Gasteiger partial charge >= 0.3 is 0 Å². The van der Waals surface area contributed by atoms with E-state index in [4.69, 9.17) is 0 Å². The average Bonchev–Trinajstić information content (AvgIpc) is 1.55. The fourth-order valence-corrected chi connectivity index (χ4v) is 26.5. The topological polar surface area (TPSA) is 0 Å². The predicted octanol–water partition coefficient (Wildman–Crippen LogP) is 34.8. The quantitative estimate of drug-likeness (QED) is 0.0535. The Morgan fingerprint density at radius 1 is 0.248 bits per heavy atom. The lowest BCUT2D eigenvalue weighted by atomic mass is 9.54. The summed E-state index contributed by atoms with van der Waals surface area (Å²) >= 11 is 0. The molecule has 0 bridgehead atoms. The summed E-state index contributed by atoms with van der Waals surface area (Å²) < 4.78 is 0. The molecule has 0 heterocycles. The Morgan fingerprint density at radius 3 is 0.769 bits per heavy atom. The third kappa shape index (κ3) is 12.7. The van der Waals surface area contributed by atoms with Crippen LogP contribution >= 0.6 is 0 Å². The minimum Gasteiger partial charge on any atom is -0.0654 e. The van der Waals surface area contributed by atoms with Crippen molar-refractivity contribution in [3.05, 3.63) is 297 Å². The molecule has 0 spiro atoms. The molecule has 0 radical (unpaired) electrons. The Balaban J connectivity index is 0.644. The largest absolute Gasteiger partial charge is 0.0654 e. The van der Waals surface area contributed by atoms with E-state index in [9.17, 15) is 0 Å². The van der Waals surface area contributed by atoms with Gasteiger partial charge in [0.1, 0.15) is 0 Å². The van der Waals surface area contributed by atoms with E-state index >= 15 is 0 Å². The molecular weight excluding hydrogens is 1450 g/mol. The van der Waals surface area contributed by atoms with Gasteiger partial charge in [0.25, 0.3) is 0 Å². The summed E-state index contributed by atoms with van der Waals surface area (Å²) in [6.45, 7) is 31.4. The van der Waals surface area contributed by atoms with E-state index in [0.29, 0.717) is 23.7 Å². The third-order valence-corrected chi connectivity index (χ3v) is 33.0. The number of hydrogen-bond donors (Lipinski definition) is 0. The van der Waals surface area contributed by atoms with E-state index in [2.05, 4.69) is 314 Å². The highest BCUT2D eigenvalue weighted by Gasteiger charge is 2.55. The monoisotopic (exact) mass is 1590 g/mol. The lowest BCUT2D eigenvalue weighted by Crippen LogP contribution is -2.44. The molecule has 12 aromatic rings. The number of rotatable bonds is 25. The molecule has 616 valence electrons. The molecule has 0 aliphatic heterocycles. The molecule has 2 fully saturated rings. The van der Waals surface area contributed by atoms with Crippen LogP contribution in [0.3, 0.4) is 0 Å². The van der Waals surface area contributed by atoms with Crippen LogP contribution in [0.5, 0.6) is 0 Å². The van der Waals surface area contributed by atoms with Gasteiger partial charge in [0.15, 0.2) is 0 Å². The van der Waals surface area contributed by atoms with E-state index < -0.39 is 0 Å². The van der Waals surface area contributed by atoms with Crippen LogP contribution in [0.1, 0.15) is 322 Å². The van der Waals surface area contributed by atoms with Gasteiger partial charge in [0.05, 0.1) is 0 Å². The van der Waals surface area contributed by atoms with Crippen molar-refractivity contribution in [2.75, 3.05) is 0 Å². The number of fused-ring (bicyclic) bond motifs is 18. The molecule has 0 unspecified atom stereocenters. The molecule has 8 aliphatic rings. The minimum absolute atomic E-state index is 0.0247. The molecule has 0 saturated heterocycles. The molecule has 0 heteroatoms. The molecule has 0 atom stereocenters. The Hall–Kier alpha value is -9.36. The summed E-state index contributed by atoms with van der Waals surface area (Å²) in [5, 5.41) is 0. The first kappa shape index (κ1) is 80.1. The number of benzene rings is 12. The minimum atomic E-state index is -0.178. The van der Waals surface area contributed by atoms with Gasteiger partial charge in [-0.15, -0.1) is 0 Å². The van der Waals surface area contributed by atoms with Gasteiger partial charge in [0.2, 0.25) is 0 Å². The maximum absolute atomic E-state index is 2.81. The van der Waals surface area contributed by atoms with Crippen LogP contribution in [-0.4, -0.2) is 0 Å². The summed E-state index contributed by atoms with van der Waals surface area (Å²) in [6, 6.07) is 93.5. The van der Waals surface area contributed by atoms with Crippen molar-refractivity contribution in [3.8, 4) is 122 Å². The summed E-state index contributed by atoms with van der Waals surface area (Å²) in [6.07, 6.45) is 32.4. The van der Waals surface area contributed by atoms with Crippen molar-refractivity contribution in [1.29, 1.82) is 0 Å². The fourth-order valence-electron chi connectivity index (χ4n) is 26.5. The van der Waals surface area contributed by atoms with Crippen molar-refractivity contribution in [2.24, 2.45) is 23.7 Å². The zero-order chi connectivity index (χ0) is 83.1. The van der Waals surface area contributed by atoms with E-state index in [1.807, 2.05) is 0 Å². The van der Waals surface area contributed by atoms with Crippen LogP contribution in [0.4, 0.5) is 0 Å². The maximum Gasteiger partial charge on any atom is 0.0271 e. The van der Waals surface area contributed by atoms with Gasteiger partial charge in [-0.1, -0.05) is 342 Å².